The van der Waals surface area contributed by atoms with Crippen molar-refractivity contribution in [1.29, 1.82) is 0 Å². The molecule has 0 aliphatic carbocycles. The number of hydrogen-bond acceptors (Lipinski definition) is 6. The van der Waals surface area contributed by atoms with Crippen LogP contribution >= 0.6 is 0 Å². The molecule has 312 valence electrons. The molecular weight excluding hydrogens is 685 g/mol. The van der Waals surface area contributed by atoms with Crippen LogP contribution in [0.25, 0.3) is 0 Å². The van der Waals surface area contributed by atoms with Crippen LogP contribution < -0.4 is 0 Å². The van der Waals surface area contributed by atoms with E-state index in [4.69, 9.17) is 14.2 Å². The van der Waals surface area contributed by atoms with Gasteiger partial charge in [-0.25, -0.2) is 0 Å². The van der Waals surface area contributed by atoms with Crippen LogP contribution in [-0.2, 0) is 28.6 Å². The van der Waals surface area contributed by atoms with Crippen molar-refractivity contribution in [3.8, 4) is 0 Å². The summed E-state index contributed by atoms with van der Waals surface area (Å²) in [5.74, 6) is -0.989. The van der Waals surface area contributed by atoms with Gasteiger partial charge in [-0.1, -0.05) is 164 Å². The lowest BCUT2D eigenvalue weighted by Gasteiger charge is -2.18. The molecule has 0 aliphatic rings. The molecule has 6 nitrogen and oxygen atoms in total. The molecule has 0 N–H and O–H groups in total. The topological polar surface area (TPSA) is 78.9 Å². The van der Waals surface area contributed by atoms with E-state index < -0.39 is 6.10 Å². The van der Waals surface area contributed by atoms with E-state index in [0.29, 0.717) is 19.3 Å². The van der Waals surface area contributed by atoms with Gasteiger partial charge in [0.15, 0.2) is 6.10 Å². The van der Waals surface area contributed by atoms with Crippen LogP contribution in [0.3, 0.4) is 0 Å². The first-order valence-corrected chi connectivity index (χ1v) is 22.1. The predicted octanol–water partition coefficient (Wildman–Crippen LogP) is 14.1. The van der Waals surface area contributed by atoms with Crippen molar-refractivity contribution < 1.29 is 28.6 Å². The van der Waals surface area contributed by atoms with Crippen LogP contribution in [-0.4, -0.2) is 37.2 Å². The fourth-order valence-corrected chi connectivity index (χ4v) is 5.59. The van der Waals surface area contributed by atoms with Crippen molar-refractivity contribution in [3.05, 3.63) is 85.1 Å². The number of unbranched alkanes of at least 4 members (excludes halogenated alkanes) is 16. The van der Waals surface area contributed by atoms with Gasteiger partial charge in [0.05, 0.1) is 0 Å². The Morgan fingerprint density at radius 1 is 0.400 bits per heavy atom. The van der Waals surface area contributed by atoms with E-state index in [-0.39, 0.29) is 31.1 Å². The number of esters is 3. The SMILES string of the molecule is CC/C=C\C/C=C\CCCCC(=O)OCC(COC(=O)CCCCCCC\C=C/C=C\C=C/C=C\CCCCC)OC(=O)CCCCCC/C=C\CCCC. The Hall–Kier alpha value is -3.41. The average Bonchev–Trinajstić information content (AvgIpc) is 3.18. The normalized spacial score (nSPS) is 12.9. The number of allylic oxidation sites excluding steroid dienone is 14. The Balaban J connectivity index is 4.42. The highest BCUT2D eigenvalue weighted by Crippen LogP contribution is 2.12. The summed E-state index contributed by atoms with van der Waals surface area (Å²) >= 11 is 0. The summed E-state index contributed by atoms with van der Waals surface area (Å²) in [7, 11) is 0. The van der Waals surface area contributed by atoms with Crippen molar-refractivity contribution in [2.75, 3.05) is 13.2 Å². The molecule has 0 aromatic carbocycles. The monoisotopic (exact) mass is 765 g/mol. The third kappa shape index (κ3) is 41.6. The lowest BCUT2D eigenvalue weighted by atomic mass is 10.1. The van der Waals surface area contributed by atoms with E-state index in [2.05, 4.69) is 106 Å². The van der Waals surface area contributed by atoms with Crippen LogP contribution in [0.1, 0.15) is 188 Å². The Labute approximate surface area is 337 Å². The number of carbonyl (C=O) groups excluding carboxylic acids is 3. The minimum atomic E-state index is -0.802. The maximum absolute atomic E-state index is 12.6. The van der Waals surface area contributed by atoms with E-state index in [9.17, 15) is 14.4 Å². The summed E-state index contributed by atoms with van der Waals surface area (Å²) in [4.78, 5) is 37.6. The molecule has 0 saturated carbocycles. The van der Waals surface area contributed by atoms with Gasteiger partial charge in [0.25, 0.3) is 0 Å². The molecule has 55 heavy (non-hydrogen) atoms. The van der Waals surface area contributed by atoms with Gasteiger partial charge in [-0.15, -0.1) is 0 Å². The molecule has 0 amide bonds. The Kier molecular flexibility index (Phi) is 40.6. The van der Waals surface area contributed by atoms with E-state index in [1.54, 1.807) is 0 Å². The van der Waals surface area contributed by atoms with Crippen LogP contribution in [0.2, 0.25) is 0 Å². The third-order valence-corrected chi connectivity index (χ3v) is 8.95. The summed E-state index contributed by atoms with van der Waals surface area (Å²) < 4.78 is 16.6. The van der Waals surface area contributed by atoms with Crippen molar-refractivity contribution >= 4 is 17.9 Å². The number of ether oxygens (including phenoxy) is 3. The number of carbonyl (C=O) groups is 3. The first-order chi connectivity index (χ1) is 27.0. The van der Waals surface area contributed by atoms with Gasteiger partial charge in [0.2, 0.25) is 0 Å². The number of rotatable bonds is 38. The van der Waals surface area contributed by atoms with Gasteiger partial charge in [-0.3, -0.25) is 14.4 Å². The van der Waals surface area contributed by atoms with Crippen LogP contribution in [0, 0.1) is 0 Å². The fourth-order valence-electron chi connectivity index (χ4n) is 5.59. The van der Waals surface area contributed by atoms with Crippen molar-refractivity contribution in [1.82, 2.24) is 0 Å². The second-order valence-electron chi connectivity index (χ2n) is 14.3. The first kappa shape index (κ1) is 51.6. The van der Waals surface area contributed by atoms with Crippen LogP contribution in [0.15, 0.2) is 85.1 Å². The highest BCUT2D eigenvalue weighted by atomic mass is 16.6. The van der Waals surface area contributed by atoms with Gasteiger partial charge in [0.1, 0.15) is 13.2 Å². The highest BCUT2D eigenvalue weighted by Gasteiger charge is 2.19. The lowest BCUT2D eigenvalue weighted by Crippen LogP contribution is -2.30. The summed E-state index contributed by atoms with van der Waals surface area (Å²) in [5, 5.41) is 0. The van der Waals surface area contributed by atoms with Gasteiger partial charge >= 0.3 is 17.9 Å². The van der Waals surface area contributed by atoms with Crippen molar-refractivity contribution in [3.63, 3.8) is 0 Å². The fraction of sp³-hybridized carbons (Fsp3) is 0.653. The highest BCUT2D eigenvalue weighted by molar-refractivity contribution is 5.71. The van der Waals surface area contributed by atoms with Crippen molar-refractivity contribution in [2.24, 2.45) is 0 Å². The molecule has 0 aromatic rings. The molecule has 0 saturated heterocycles. The Morgan fingerprint density at radius 3 is 1.36 bits per heavy atom. The number of hydrogen-bond donors (Lipinski definition) is 0. The second-order valence-corrected chi connectivity index (χ2v) is 14.3. The average molecular weight is 765 g/mol. The largest absolute Gasteiger partial charge is 0.462 e. The third-order valence-electron chi connectivity index (χ3n) is 8.95. The van der Waals surface area contributed by atoms with Gasteiger partial charge in [-0.2, -0.15) is 0 Å². The molecule has 0 spiro atoms. The van der Waals surface area contributed by atoms with Gasteiger partial charge in [-0.05, 0) is 89.9 Å². The molecule has 0 bridgehead atoms. The minimum Gasteiger partial charge on any atom is -0.462 e. The maximum Gasteiger partial charge on any atom is 0.306 e. The van der Waals surface area contributed by atoms with Gasteiger partial charge < -0.3 is 14.2 Å². The van der Waals surface area contributed by atoms with Crippen LogP contribution in [0.5, 0.6) is 0 Å². The summed E-state index contributed by atoms with van der Waals surface area (Å²) in [5.41, 5.74) is 0. The molecule has 1 unspecified atom stereocenters. The molecule has 6 heteroatoms. The molecule has 0 heterocycles. The molecule has 0 fully saturated rings. The standard InChI is InChI=1S/C49H80O6/c1-4-7-10-13-16-19-21-22-23-24-25-26-27-28-31-33-36-39-42-48(51)54-45-46(44-53-47(50)41-38-35-32-29-18-15-12-9-6-3)55-49(52)43-40-37-34-30-20-17-14-11-8-5-2/h9,12,14,16-19,21-26,29,46H,4-8,10-11,13,15,20,27-28,30-45H2,1-3H3/b12-9-,17-14-,19-16-,22-21-,24-23-,26-25-,29-18-. The summed E-state index contributed by atoms with van der Waals surface area (Å²) in [6.07, 6.45) is 54.3. The predicted molar refractivity (Wildman–Crippen MR) is 233 cm³/mol. The maximum atomic E-state index is 12.6. The zero-order valence-electron chi connectivity index (χ0n) is 35.4. The van der Waals surface area contributed by atoms with Crippen LogP contribution in [0.4, 0.5) is 0 Å². The molecule has 0 rings (SSSR count). The van der Waals surface area contributed by atoms with Gasteiger partial charge in [0, 0.05) is 19.3 Å². The zero-order valence-corrected chi connectivity index (χ0v) is 35.4. The molecule has 0 radical (unpaired) electrons. The minimum absolute atomic E-state index is 0.105. The zero-order chi connectivity index (χ0) is 40.1. The Bertz CT molecular complexity index is 1110. The second kappa shape index (κ2) is 43.3. The van der Waals surface area contributed by atoms with Crippen molar-refractivity contribution in [2.45, 2.75) is 194 Å². The molecule has 0 aromatic heterocycles. The molecule has 1 atom stereocenters. The lowest BCUT2D eigenvalue weighted by molar-refractivity contribution is -0.167. The summed E-state index contributed by atoms with van der Waals surface area (Å²) in [6, 6.07) is 0. The quantitative estimate of drug-likeness (QED) is 0.0205. The summed E-state index contributed by atoms with van der Waals surface area (Å²) in [6.45, 7) is 6.34. The Morgan fingerprint density at radius 2 is 0.800 bits per heavy atom. The van der Waals surface area contributed by atoms with E-state index in [0.717, 1.165) is 116 Å². The smallest absolute Gasteiger partial charge is 0.306 e. The van der Waals surface area contributed by atoms with E-state index >= 15 is 0 Å². The van der Waals surface area contributed by atoms with E-state index in [1.165, 1.54) is 32.1 Å². The first-order valence-electron chi connectivity index (χ1n) is 22.1. The molecule has 0 aliphatic heterocycles. The van der Waals surface area contributed by atoms with E-state index in [1.807, 2.05) is 0 Å². The molecular formula is C49H80O6.